The number of aryl methyl sites for hydroxylation is 2. The van der Waals surface area contributed by atoms with Crippen molar-refractivity contribution in [3.63, 3.8) is 0 Å². The van der Waals surface area contributed by atoms with Crippen LogP contribution in [0.4, 0.5) is 0 Å². The average Bonchev–Trinajstić information content (AvgIpc) is 3.18. The van der Waals surface area contributed by atoms with Gasteiger partial charge in [-0.1, -0.05) is 42.5 Å². The van der Waals surface area contributed by atoms with E-state index < -0.39 is 0 Å². The highest BCUT2D eigenvalue weighted by Crippen LogP contribution is 2.18. The first-order chi connectivity index (χ1) is 16.0. The van der Waals surface area contributed by atoms with Gasteiger partial charge in [-0.05, 0) is 62.4 Å². The van der Waals surface area contributed by atoms with E-state index >= 15 is 0 Å². The van der Waals surface area contributed by atoms with E-state index in [2.05, 4.69) is 40.7 Å². The van der Waals surface area contributed by atoms with Gasteiger partial charge in [0.1, 0.15) is 0 Å². The van der Waals surface area contributed by atoms with Crippen molar-refractivity contribution in [3.8, 4) is 5.69 Å². The summed E-state index contributed by atoms with van der Waals surface area (Å²) in [6.45, 7) is 5.87. The maximum absolute atomic E-state index is 12.7. The molecule has 0 saturated carbocycles. The Balaban J connectivity index is 1.24. The maximum atomic E-state index is 12.7. The first-order valence-corrected chi connectivity index (χ1v) is 11.7. The lowest BCUT2D eigenvalue weighted by Crippen LogP contribution is -2.46. The second-order valence-corrected chi connectivity index (χ2v) is 8.89. The van der Waals surface area contributed by atoms with Gasteiger partial charge >= 0.3 is 0 Å². The molecule has 1 aliphatic rings. The van der Waals surface area contributed by atoms with Crippen LogP contribution in [0.2, 0.25) is 0 Å². The Bertz CT molecular complexity index is 1090. The van der Waals surface area contributed by atoms with Gasteiger partial charge in [0.15, 0.2) is 0 Å². The molecule has 0 bridgehead atoms. The summed E-state index contributed by atoms with van der Waals surface area (Å²) in [5, 5.41) is 7.60. The highest BCUT2D eigenvalue weighted by molar-refractivity contribution is 5.82. The Morgan fingerprint density at radius 3 is 2.48 bits per heavy atom. The van der Waals surface area contributed by atoms with Crippen molar-refractivity contribution in [2.75, 3.05) is 19.6 Å². The van der Waals surface area contributed by atoms with Crippen LogP contribution >= 0.6 is 0 Å². The minimum Gasteiger partial charge on any atom is -0.355 e. The summed E-state index contributed by atoms with van der Waals surface area (Å²) in [6, 6.07) is 20.1. The minimum absolute atomic E-state index is 0.0477. The van der Waals surface area contributed by atoms with E-state index in [1.807, 2.05) is 53.8 Å². The lowest BCUT2D eigenvalue weighted by molar-refractivity contribution is -0.135. The van der Waals surface area contributed by atoms with Crippen molar-refractivity contribution in [1.29, 1.82) is 0 Å². The smallest absolute Gasteiger partial charge is 0.227 e. The normalized spacial score (nSPS) is 15.9. The van der Waals surface area contributed by atoms with Gasteiger partial charge in [-0.2, -0.15) is 5.10 Å². The monoisotopic (exact) mass is 444 g/mol. The number of likely N-dealkylation sites (tertiary alicyclic amines) is 1. The van der Waals surface area contributed by atoms with Gasteiger partial charge in [0.2, 0.25) is 11.8 Å². The van der Waals surface area contributed by atoms with Crippen LogP contribution in [-0.4, -0.2) is 46.1 Å². The second-order valence-electron chi connectivity index (χ2n) is 8.89. The van der Waals surface area contributed by atoms with Crippen molar-refractivity contribution in [3.05, 3.63) is 83.2 Å². The molecule has 1 atom stereocenters. The first-order valence-electron chi connectivity index (χ1n) is 11.7. The largest absolute Gasteiger partial charge is 0.355 e. The predicted octanol–water partition coefficient (Wildman–Crippen LogP) is 3.63. The number of carbonyl (C=O) groups is 2. The Morgan fingerprint density at radius 1 is 1.03 bits per heavy atom. The quantitative estimate of drug-likeness (QED) is 0.605. The number of rotatable bonds is 7. The third-order valence-corrected chi connectivity index (χ3v) is 6.25. The fraction of sp³-hybridized carbons (Fsp3) is 0.370. The highest BCUT2D eigenvalue weighted by atomic mass is 16.2. The van der Waals surface area contributed by atoms with Crippen molar-refractivity contribution in [2.45, 2.75) is 39.5 Å². The average molecular weight is 445 g/mol. The second kappa shape index (κ2) is 10.5. The van der Waals surface area contributed by atoms with Gasteiger partial charge < -0.3 is 10.2 Å². The van der Waals surface area contributed by atoms with Crippen LogP contribution in [-0.2, 0) is 22.4 Å². The minimum atomic E-state index is -0.133. The van der Waals surface area contributed by atoms with Gasteiger partial charge in [-0.25, -0.2) is 4.68 Å². The van der Waals surface area contributed by atoms with E-state index in [1.165, 1.54) is 5.56 Å². The molecule has 1 fully saturated rings. The fourth-order valence-electron chi connectivity index (χ4n) is 4.47. The number of amides is 2. The van der Waals surface area contributed by atoms with Gasteiger partial charge in [-0.3, -0.25) is 9.59 Å². The summed E-state index contributed by atoms with van der Waals surface area (Å²) >= 11 is 0. The van der Waals surface area contributed by atoms with Crippen LogP contribution in [0.3, 0.4) is 0 Å². The molecule has 2 amide bonds. The summed E-state index contributed by atoms with van der Waals surface area (Å²) in [7, 11) is 0. The number of carbonyl (C=O) groups excluding carboxylic acids is 2. The first kappa shape index (κ1) is 22.8. The number of hydrogen-bond acceptors (Lipinski definition) is 3. The maximum Gasteiger partial charge on any atom is 0.227 e. The molecule has 1 unspecified atom stereocenters. The van der Waals surface area contributed by atoms with Gasteiger partial charge in [0.05, 0.1) is 23.7 Å². The van der Waals surface area contributed by atoms with Crippen molar-refractivity contribution >= 4 is 11.8 Å². The van der Waals surface area contributed by atoms with Crippen LogP contribution in [0.15, 0.2) is 60.7 Å². The summed E-state index contributed by atoms with van der Waals surface area (Å²) in [5.41, 5.74) is 5.33. The third kappa shape index (κ3) is 5.89. The molecule has 0 aliphatic carbocycles. The molecule has 4 rings (SSSR count). The molecule has 0 spiro atoms. The van der Waals surface area contributed by atoms with E-state index in [0.717, 1.165) is 48.4 Å². The van der Waals surface area contributed by atoms with E-state index in [1.54, 1.807) is 0 Å². The molecular formula is C27H32N4O2. The van der Waals surface area contributed by atoms with Gasteiger partial charge in [0.25, 0.3) is 0 Å². The molecule has 1 aliphatic heterocycles. The van der Waals surface area contributed by atoms with Crippen LogP contribution in [0.1, 0.15) is 35.4 Å². The molecule has 2 heterocycles. The van der Waals surface area contributed by atoms with Crippen molar-refractivity contribution in [2.24, 2.45) is 5.92 Å². The van der Waals surface area contributed by atoms with E-state index in [9.17, 15) is 9.59 Å². The molecule has 3 aromatic rings. The van der Waals surface area contributed by atoms with E-state index in [0.29, 0.717) is 19.5 Å². The van der Waals surface area contributed by atoms with Crippen molar-refractivity contribution in [1.82, 2.24) is 20.0 Å². The summed E-state index contributed by atoms with van der Waals surface area (Å²) in [4.78, 5) is 27.3. The molecule has 33 heavy (non-hydrogen) atoms. The number of aromatic nitrogens is 2. The van der Waals surface area contributed by atoms with E-state index in [4.69, 9.17) is 0 Å². The fourth-order valence-corrected chi connectivity index (χ4v) is 4.47. The lowest BCUT2D eigenvalue weighted by atomic mass is 9.96. The molecule has 1 aromatic heterocycles. The zero-order valence-corrected chi connectivity index (χ0v) is 19.5. The summed E-state index contributed by atoms with van der Waals surface area (Å²) in [5.74, 6) is 0.0137. The Labute approximate surface area is 195 Å². The topological polar surface area (TPSA) is 67.2 Å². The molecule has 1 N–H and O–H groups in total. The number of nitrogens with one attached hydrogen (secondary N) is 1. The number of nitrogens with zero attached hydrogens (tertiary/aromatic N) is 3. The Kier molecular flexibility index (Phi) is 7.23. The van der Waals surface area contributed by atoms with Crippen LogP contribution in [0.25, 0.3) is 5.69 Å². The van der Waals surface area contributed by atoms with E-state index in [-0.39, 0.29) is 17.7 Å². The third-order valence-electron chi connectivity index (χ3n) is 6.25. The predicted molar refractivity (Wildman–Crippen MR) is 129 cm³/mol. The summed E-state index contributed by atoms with van der Waals surface area (Å²) in [6.07, 6.45) is 2.86. The molecule has 2 aromatic carbocycles. The van der Waals surface area contributed by atoms with Crippen LogP contribution in [0.5, 0.6) is 0 Å². The number of benzene rings is 2. The molecule has 0 radical (unpaired) electrons. The zero-order valence-electron chi connectivity index (χ0n) is 19.5. The standard InChI is InChI=1S/C27H32N4O2/c1-20-17-21(2)31(29-20)25-12-10-22(11-13-25)14-15-28-27(33)24-9-6-16-30(19-24)26(32)18-23-7-4-3-5-8-23/h3-5,7-8,10-13,17,24H,6,9,14-16,18-19H2,1-2H3,(H,28,33). The summed E-state index contributed by atoms with van der Waals surface area (Å²) < 4.78 is 1.94. The van der Waals surface area contributed by atoms with Gasteiger partial charge in [0, 0.05) is 25.3 Å². The molecule has 172 valence electrons. The SMILES string of the molecule is Cc1cc(C)n(-c2ccc(CCNC(=O)C3CCCN(C(=O)Cc4ccccc4)C3)cc2)n1. The molecule has 1 saturated heterocycles. The lowest BCUT2D eigenvalue weighted by Gasteiger charge is -2.32. The van der Waals surface area contributed by atoms with Crippen molar-refractivity contribution < 1.29 is 9.59 Å². The molecular weight excluding hydrogens is 412 g/mol. The Morgan fingerprint density at radius 2 is 1.79 bits per heavy atom. The van der Waals surface area contributed by atoms with Crippen LogP contribution < -0.4 is 5.32 Å². The number of piperidine rings is 1. The van der Waals surface area contributed by atoms with Gasteiger partial charge in [-0.15, -0.1) is 0 Å². The number of hydrogen-bond donors (Lipinski definition) is 1. The Hall–Kier alpha value is -3.41. The molecule has 6 nitrogen and oxygen atoms in total. The van der Waals surface area contributed by atoms with Crippen LogP contribution in [0, 0.1) is 19.8 Å². The highest BCUT2D eigenvalue weighted by Gasteiger charge is 2.28. The zero-order chi connectivity index (χ0) is 23.2. The molecule has 6 heteroatoms.